The Labute approximate surface area is 146 Å². The highest BCUT2D eigenvalue weighted by atomic mass is 32.1. The van der Waals surface area contributed by atoms with Gasteiger partial charge in [-0.1, -0.05) is 24.4 Å². The van der Waals surface area contributed by atoms with E-state index in [-0.39, 0.29) is 5.56 Å². The molecule has 0 atom stereocenters. The van der Waals surface area contributed by atoms with Gasteiger partial charge in [-0.2, -0.15) is 0 Å². The summed E-state index contributed by atoms with van der Waals surface area (Å²) in [4.78, 5) is 20.3. The molecule has 2 aromatic rings. The lowest BCUT2D eigenvalue weighted by molar-refractivity contribution is -0.00663. The van der Waals surface area contributed by atoms with Gasteiger partial charge in [0.25, 0.3) is 5.56 Å². The largest absolute Gasteiger partial charge is 0.370 e. The fourth-order valence-corrected chi connectivity index (χ4v) is 5.81. The summed E-state index contributed by atoms with van der Waals surface area (Å²) in [6.07, 6.45) is 6.82. The smallest absolute Gasteiger partial charge is 0.259 e. The minimum atomic E-state index is -0.121. The van der Waals surface area contributed by atoms with Crippen LogP contribution in [-0.2, 0) is 0 Å². The van der Waals surface area contributed by atoms with E-state index in [4.69, 9.17) is 12.2 Å². The standard InChI is InChI=1S/C19H21N3OS/c23-18-14-3-1-2-4-15(14)20-17(22-18)19(24)21-16-12-6-10-5-11(8-12)9-13(16)7-10/h1-4,10-13,16H,5-9H2,(H,21,24)(H,20,22,23). The molecule has 1 heterocycles. The summed E-state index contributed by atoms with van der Waals surface area (Å²) in [5, 5.41) is 4.18. The summed E-state index contributed by atoms with van der Waals surface area (Å²) in [5.74, 6) is 3.87. The molecule has 0 saturated heterocycles. The Morgan fingerprint density at radius 1 is 1.08 bits per heavy atom. The molecular weight excluding hydrogens is 318 g/mol. The summed E-state index contributed by atoms with van der Waals surface area (Å²) < 4.78 is 0. The molecule has 4 fully saturated rings. The number of H-pyrrole nitrogens is 1. The van der Waals surface area contributed by atoms with Crippen LogP contribution in [0.3, 0.4) is 0 Å². The Bertz CT molecular complexity index is 846. The third-order valence-electron chi connectivity index (χ3n) is 6.35. The molecule has 6 rings (SSSR count). The number of hydrogen-bond donors (Lipinski definition) is 2. The van der Waals surface area contributed by atoms with Gasteiger partial charge in [0.05, 0.1) is 10.9 Å². The average Bonchev–Trinajstić information content (AvgIpc) is 2.57. The molecule has 5 heteroatoms. The first kappa shape index (κ1) is 14.6. The molecule has 2 N–H and O–H groups in total. The van der Waals surface area contributed by atoms with E-state index in [2.05, 4.69) is 15.3 Å². The quantitative estimate of drug-likeness (QED) is 0.826. The van der Waals surface area contributed by atoms with E-state index in [1.807, 2.05) is 18.2 Å². The van der Waals surface area contributed by atoms with E-state index in [1.54, 1.807) is 6.07 Å². The molecule has 4 bridgehead atoms. The number of aromatic nitrogens is 2. The van der Waals surface area contributed by atoms with Crippen molar-refractivity contribution in [2.45, 2.75) is 38.1 Å². The van der Waals surface area contributed by atoms with Gasteiger partial charge in [-0.15, -0.1) is 0 Å². The number of fused-ring (bicyclic) bond motifs is 1. The van der Waals surface area contributed by atoms with E-state index >= 15 is 0 Å². The zero-order valence-corrected chi connectivity index (χ0v) is 14.3. The van der Waals surface area contributed by atoms with Crippen LogP contribution in [0.15, 0.2) is 29.1 Å². The lowest BCUT2D eigenvalue weighted by atomic mass is 9.54. The molecular formula is C19H21N3OS. The van der Waals surface area contributed by atoms with Crippen molar-refractivity contribution < 1.29 is 0 Å². The number of nitrogens with zero attached hydrogens (tertiary/aromatic N) is 1. The minimum Gasteiger partial charge on any atom is -0.370 e. The van der Waals surface area contributed by atoms with Crippen molar-refractivity contribution in [3.05, 3.63) is 40.4 Å². The number of para-hydroxylation sites is 1. The maximum absolute atomic E-state index is 12.3. The van der Waals surface area contributed by atoms with Gasteiger partial charge in [0.15, 0.2) is 5.82 Å². The molecule has 0 unspecified atom stereocenters. The van der Waals surface area contributed by atoms with Crippen molar-refractivity contribution in [1.82, 2.24) is 15.3 Å². The number of nitrogens with one attached hydrogen (secondary N) is 2. The van der Waals surface area contributed by atoms with E-state index in [1.165, 1.54) is 32.1 Å². The molecule has 4 aliphatic rings. The van der Waals surface area contributed by atoms with E-state index in [0.717, 1.165) is 23.7 Å². The van der Waals surface area contributed by atoms with Crippen LogP contribution < -0.4 is 10.9 Å². The Kier molecular flexibility index (Phi) is 3.27. The average molecular weight is 339 g/mol. The molecule has 1 aromatic heterocycles. The molecule has 124 valence electrons. The third kappa shape index (κ3) is 2.29. The third-order valence-corrected chi connectivity index (χ3v) is 6.66. The molecule has 4 nitrogen and oxygen atoms in total. The molecule has 1 aromatic carbocycles. The highest BCUT2D eigenvalue weighted by molar-refractivity contribution is 7.80. The van der Waals surface area contributed by atoms with Crippen molar-refractivity contribution in [1.29, 1.82) is 0 Å². The van der Waals surface area contributed by atoms with Gasteiger partial charge in [-0.05, 0) is 67.9 Å². The van der Waals surface area contributed by atoms with Gasteiger partial charge in [-0.25, -0.2) is 4.98 Å². The highest BCUT2D eigenvalue weighted by Gasteiger charge is 2.48. The number of benzene rings is 1. The summed E-state index contributed by atoms with van der Waals surface area (Å²) in [5.41, 5.74) is 0.579. The first-order chi connectivity index (χ1) is 11.7. The maximum atomic E-state index is 12.3. The fourth-order valence-electron chi connectivity index (χ4n) is 5.57. The van der Waals surface area contributed by atoms with Gasteiger partial charge in [0.1, 0.15) is 4.99 Å². The van der Waals surface area contributed by atoms with Crippen LogP contribution >= 0.6 is 12.2 Å². The zero-order valence-electron chi connectivity index (χ0n) is 13.5. The number of aromatic amines is 1. The predicted molar refractivity (Wildman–Crippen MR) is 98.0 cm³/mol. The van der Waals surface area contributed by atoms with Crippen LogP contribution in [0.1, 0.15) is 37.9 Å². The van der Waals surface area contributed by atoms with Gasteiger partial charge < -0.3 is 10.3 Å². The Morgan fingerprint density at radius 3 is 2.46 bits per heavy atom. The summed E-state index contributed by atoms with van der Waals surface area (Å²) in [7, 11) is 0. The van der Waals surface area contributed by atoms with Gasteiger partial charge in [0, 0.05) is 6.04 Å². The van der Waals surface area contributed by atoms with Crippen molar-refractivity contribution in [2.24, 2.45) is 23.7 Å². The second kappa shape index (κ2) is 5.38. The second-order valence-electron chi connectivity index (χ2n) is 7.86. The number of rotatable bonds is 2. The monoisotopic (exact) mass is 339 g/mol. The predicted octanol–water partition coefficient (Wildman–Crippen LogP) is 3.01. The van der Waals surface area contributed by atoms with E-state index < -0.39 is 0 Å². The summed E-state index contributed by atoms with van der Waals surface area (Å²) >= 11 is 5.60. The first-order valence-electron chi connectivity index (χ1n) is 8.97. The minimum absolute atomic E-state index is 0.121. The van der Waals surface area contributed by atoms with Crippen molar-refractivity contribution in [2.75, 3.05) is 0 Å². The van der Waals surface area contributed by atoms with Crippen LogP contribution in [0.2, 0.25) is 0 Å². The molecule has 4 aliphatic carbocycles. The van der Waals surface area contributed by atoms with Crippen LogP contribution in [-0.4, -0.2) is 21.0 Å². The van der Waals surface area contributed by atoms with Crippen LogP contribution in [0.25, 0.3) is 10.9 Å². The number of thiocarbonyl (C=S) groups is 1. The lowest BCUT2D eigenvalue weighted by Crippen LogP contribution is -2.55. The Balaban J connectivity index is 1.42. The fraction of sp³-hybridized carbons (Fsp3) is 0.526. The molecule has 4 saturated carbocycles. The van der Waals surface area contributed by atoms with Crippen LogP contribution in [0.4, 0.5) is 0 Å². The molecule has 24 heavy (non-hydrogen) atoms. The summed E-state index contributed by atoms with van der Waals surface area (Å²) in [6.45, 7) is 0. The highest BCUT2D eigenvalue weighted by Crippen LogP contribution is 2.53. The topological polar surface area (TPSA) is 57.8 Å². The van der Waals surface area contributed by atoms with Gasteiger partial charge in [-0.3, -0.25) is 4.79 Å². The molecule has 0 amide bonds. The second-order valence-corrected chi connectivity index (χ2v) is 8.27. The Hall–Kier alpha value is -1.75. The SMILES string of the molecule is O=c1[nH]c(C(=S)NC2C3CC4CC(C3)CC2C4)nc2ccccc12. The molecule has 0 radical (unpaired) electrons. The molecule has 0 aliphatic heterocycles. The van der Waals surface area contributed by atoms with Crippen molar-refractivity contribution >= 4 is 28.1 Å². The van der Waals surface area contributed by atoms with E-state index in [0.29, 0.717) is 27.8 Å². The van der Waals surface area contributed by atoms with Crippen LogP contribution in [0, 0.1) is 23.7 Å². The van der Waals surface area contributed by atoms with E-state index in [9.17, 15) is 4.79 Å². The van der Waals surface area contributed by atoms with Crippen molar-refractivity contribution in [3.8, 4) is 0 Å². The van der Waals surface area contributed by atoms with Gasteiger partial charge >= 0.3 is 0 Å². The Morgan fingerprint density at radius 2 is 1.75 bits per heavy atom. The zero-order chi connectivity index (χ0) is 16.3. The lowest BCUT2D eigenvalue weighted by Gasteiger charge is -2.54. The van der Waals surface area contributed by atoms with Crippen LogP contribution in [0.5, 0.6) is 0 Å². The molecule has 0 spiro atoms. The van der Waals surface area contributed by atoms with Gasteiger partial charge in [0.2, 0.25) is 0 Å². The first-order valence-corrected chi connectivity index (χ1v) is 9.38. The van der Waals surface area contributed by atoms with Crippen molar-refractivity contribution in [3.63, 3.8) is 0 Å². The maximum Gasteiger partial charge on any atom is 0.259 e. The summed E-state index contributed by atoms with van der Waals surface area (Å²) in [6, 6.07) is 7.86. The number of hydrogen-bond acceptors (Lipinski definition) is 3. The normalized spacial score (nSPS) is 33.8.